The molecule has 0 saturated carbocycles. The monoisotopic (exact) mass is 302 g/mol. The topological polar surface area (TPSA) is 118 Å². The summed E-state index contributed by atoms with van der Waals surface area (Å²) in [6.45, 7) is 2.60. The Hall–Kier alpha value is -2.00. The van der Waals surface area contributed by atoms with Crippen molar-refractivity contribution in [3.05, 3.63) is 33.9 Å². The molecule has 1 rings (SSSR count). The Bertz CT molecular complexity index is 655. The average molecular weight is 302 g/mol. The van der Waals surface area contributed by atoms with Gasteiger partial charge >= 0.3 is 5.97 Å². The number of likely N-dealkylation sites (N-methyl/N-ethyl adjacent to an activating group) is 1. The van der Waals surface area contributed by atoms with Crippen LogP contribution < -0.4 is 0 Å². The van der Waals surface area contributed by atoms with Crippen LogP contribution in [0.25, 0.3) is 0 Å². The standard InChI is InChI=1S/C11H14N2O6S/c1-7-5-4-6-9(13(16)17)10(7)20(18,19)12(3)8(2)11(14)15/h4-6,8H,1-3H3,(H,14,15). The number of nitro benzene ring substituents is 1. The molecular formula is C11H14N2O6S. The van der Waals surface area contributed by atoms with E-state index in [-0.39, 0.29) is 5.56 Å². The molecule has 1 atom stereocenters. The number of nitrogens with zero attached hydrogens (tertiary/aromatic N) is 2. The van der Waals surface area contributed by atoms with Crippen molar-refractivity contribution in [1.29, 1.82) is 0 Å². The predicted octanol–water partition coefficient (Wildman–Crippen LogP) is 0.997. The average Bonchev–Trinajstić information content (AvgIpc) is 2.35. The van der Waals surface area contributed by atoms with E-state index in [4.69, 9.17) is 5.11 Å². The number of sulfonamides is 1. The van der Waals surface area contributed by atoms with Crippen LogP contribution >= 0.6 is 0 Å². The van der Waals surface area contributed by atoms with Crippen LogP contribution in [-0.2, 0) is 14.8 Å². The van der Waals surface area contributed by atoms with Gasteiger partial charge in [0.25, 0.3) is 15.7 Å². The van der Waals surface area contributed by atoms with Crippen molar-refractivity contribution in [3.63, 3.8) is 0 Å². The molecule has 0 radical (unpaired) electrons. The maximum Gasteiger partial charge on any atom is 0.321 e. The summed E-state index contributed by atoms with van der Waals surface area (Å²) in [6.07, 6.45) is 0. The summed E-state index contributed by atoms with van der Waals surface area (Å²) >= 11 is 0. The Kier molecular flexibility index (Phi) is 4.46. The van der Waals surface area contributed by atoms with Gasteiger partial charge in [-0.05, 0) is 19.4 Å². The molecule has 1 N–H and O–H groups in total. The zero-order valence-electron chi connectivity index (χ0n) is 11.1. The van der Waals surface area contributed by atoms with Crippen LogP contribution in [-0.4, -0.2) is 41.8 Å². The number of aryl methyl sites for hydroxylation is 1. The lowest BCUT2D eigenvalue weighted by Gasteiger charge is -2.21. The lowest BCUT2D eigenvalue weighted by atomic mass is 10.2. The number of carbonyl (C=O) groups is 1. The van der Waals surface area contributed by atoms with Crippen LogP contribution in [0.5, 0.6) is 0 Å². The van der Waals surface area contributed by atoms with Crippen molar-refractivity contribution >= 4 is 21.7 Å². The minimum Gasteiger partial charge on any atom is -0.480 e. The van der Waals surface area contributed by atoms with E-state index in [2.05, 4.69) is 0 Å². The van der Waals surface area contributed by atoms with Crippen molar-refractivity contribution in [2.24, 2.45) is 0 Å². The van der Waals surface area contributed by atoms with Gasteiger partial charge in [0.1, 0.15) is 6.04 Å². The Morgan fingerprint density at radius 1 is 1.45 bits per heavy atom. The molecule has 1 unspecified atom stereocenters. The zero-order chi connectivity index (χ0) is 15.7. The number of hydrogen-bond acceptors (Lipinski definition) is 5. The van der Waals surface area contributed by atoms with Gasteiger partial charge in [0.15, 0.2) is 4.90 Å². The Labute approximate surface area is 115 Å². The molecule has 0 aliphatic heterocycles. The number of nitro groups is 1. The highest BCUT2D eigenvalue weighted by atomic mass is 32.2. The van der Waals surface area contributed by atoms with Crippen molar-refractivity contribution in [1.82, 2.24) is 4.31 Å². The first-order valence-electron chi connectivity index (χ1n) is 5.55. The Balaban J connectivity index is 3.51. The van der Waals surface area contributed by atoms with Gasteiger partial charge in [-0.3, -0.25) is 14.9 Å². The van der Waals surface area contributed by atoms with Gasteiger partial charge in [0.2, 0.25) is 0 Å². The molecule has 0 bridgehead atoms. The molecule has 0 amide bonds. The summed E-state index contributed by atoms with van der Waals surface area (Å²) in [6, 6.07) is 2.52. The molecule has 0 spiro atoms. The second-order valence-electron chi connectivity index (χ2n) is 4.22. The highest BCUT2D eigenvalue weighted by Crippen LogP contribution is 2.29. The van der Waals surface area contributed by atoms with E-state index in [1.165, 1.54) is 26.0 Å². The summed E-state index contributed by atoms with van der Waals surface area (Å²) in [4.78, 5) is 20.5. The first-order chi connectivity index (χ1) is 9.10. The van der Waals surface area contributed by atoms with Crippen LogP contribution in [0.2, 0.25) is 0 Å². The lowest BCUT2D eigenvalue weighted by molar-refractivity contribution is -0.387. The van der Waals surface area contributed by atoms with Gasteiger partial charge in [-0.15, -0.1) is 0 Å². The SMILES string of the molecule is Cc1cccc([N+](=O)[O-])c1S(=O)(=O)N(C)C(C)C(=O)O. The van der Waals surface area contributed by atoms with Gasteiger partial charge in [-0.1, -0.05) is 12.1 Å². The second-order valence-corrected chi connectivity index (χ2v) is 6.15. The fourth-order valence-electron chi connectivity index (χ4n) is 1.62. The van der Waals surface area contributed by atoms with Crippen LogP contribution in [0.4, 0.5) is 5.69 Å². The predicted molar refractivity (Wildman–Crippen MR) is 69.9 cm³/mol. The zero-order valence-corrected chi connectivity index (χ0v) is 11.9. The summed E-state index contributed by atoms with van der Waals surface area (Å²) in [5, 5.41) is 19.8. The number of benzene rings is 1. The van der Waals surface area contributed by atoms with Gasteiger partial charge < -0.3 is 5.11 Å². The highest BCUT2D eigenvalue weighted by molar-refractivity contribution is 7.89. The number of carboxylic acid groups (broad SMARTS) is 1. The number of aliphatic carboxylic acids is 1. The van der Waals surface area contributed by atoms with E-state index in [1.807, 2.05) is 0 Å². The first-order valence-corrected chi connectivity index (χ1v) is 6.99. The molecule has 0 aliphatic carbocycles. The van der Waals surface area contributed by atoms with Gasteiger partial charge in [-0.2, -0.15) is 4.31 Å². The summed E-state index contributed by atoms with van der Waals surface area (Å²) in [7, 11) is -3.21. The van der Waals surface area contributed by atoms with Crippen LogP contribution in [0.15, 0.2) is 23.1 Å². The molecule has 20 heavy (non-hydrogen) atoms. The second kappa shape index (κ2) is 5.55. The quantitative estimate of drug-likeness (QED) is 0.640. The molecule has 0 aromatic heterocycles. The van der Waals surface area contributed by atoms with E-state index in [0.717, 1.165) is 13.1 Å². The maximum atomic E-state index is 12.4. The molecular weight excluding hydrogens is 288 g/mol. The molecule has 8 nitrogen and oxygen atoms in total. The number of rotatable bonds is 5. The third-order valence-corrected chi connectivity index (χ3v) is 5.05. The molecule has 1 aromatic rings. The number of hydrogen-bond donors (Lipinski definition) is 1. The number of carboxylic acids is 1. The van der Waals surface area contributed by atoms with Crippen LogP contribution in [0, 0.1) is 17.0 Å². The van der Waals surface area contributed by atoms with E-state index in [0.29, 0.717) is 4.31 Å². The van der Waals surface area contributed by atoms with Gasteiger partial charge in [0, 0.05) is 13.1 Å². The molecule has 0 aliphatic rings. The van der Waals surface area contributed by atoms with E-state index in [9.17, 15) is 23.3 Å². The highest BCUT2D eigenvalue weighted by Gasteiger charge is 2.35. The van der Waals surface area contributed by atoms with Crippen LogP contribution in [0.1, 0.15) is 12.5 Å². The molecule has 9 heteroatoms. The molecule has 110 valence electrons. The van der Waals surface area contributed by atoms with Crippen molar-refractivity contribution < 1.29 is 23.2 Å². The summed E-state index contributed by atoms with van der Waals surface area (Å²) in [5.41, 5.74) is -0.391. The smallest absolute Gasteiger partial charge is 0.321 e. The minimum absolute atomic E-state index is 0.184. The van der Waals surface area contributed by atoms with Crippen molar-refractivity contribution in [2.75, 3.05) is 7.05 Å². The lowest BCUT2D eigenvalue weighted by Crippen LogP contribution is -2.40. The molecule has 0 fully saturated rings. The van der Waals surface area contributed by atoms with Gasteiger partial charge in [0.05, 0.1) is 4.92 Å². The molecule has 1 aromatic carbocycles. The molecule has 0 saturated heterocycles. The third-order valence-electron chi connectivity index (χ3n) is 2.93. The van der Waals surface area contributed by atoms with Crippen LogP contribution in [0.3, 0.4) is 0 Å². The van der Waals surface area contributed by atoms with Crippen molar-refractivity contribution in [2.45, 2.75) is 24.8 Å². The fraction of sp³-hybridized carbons (Fsp3) is 0.364. The third kappa shape index (κ3) is 2.78. The fourth-order valence-corrected chi connectivity index (χ4v) is 3.30. The maximum absolute atomic E-state index is 12.4. The Morgan fingerprint density at radius 3 is 2.45 bits per heavy atom. The summed E-state index contributed by atoms with van der Waals surface area (Å²) < 4.78 is 25.4. The largest absolute Gasteiger partial charge is 0.480 e. The van der Waals surface area contributed by atoms with Crippen molar-refractivity contribution in [3.8, 4) is 0 Å². The van der Waals surface area contributed by atoms with E-state index >= 15 is 0 Å². The molecule has 0 heterocycles. The van der Waals surface area contributed by atoms with E-state index < -0.39 is 37.5 Å². The van der Waals surface area contributed by atoms with E-state index in [1.54, 1.807) is 0 Å². The summed E-state index contributed by atoms with van der Waals surface area (Å²) in [5.74, 6) is -1.34. The van der Waals surface area contributed by atoms with Gasteiger partial charge in [-0.25, -0.2) is 8.42 Å². The normalized spacial score (nSPS) is 13.2. The Morgan fingerprint density at radius 2 is 2.00 bits per heavy atom. The minimum atomic E-state index is -4.28. The first kappa shape index (κ1) is 16.1.